The Balaban J connectivity index is -0.000000173. The van der Waals surface area contributed by atoms with Crippen molar-refractivity contribution < 1.29 is 39.6 Å². The average molecular weight is 346 g/mol. The topological polar surface area (TPSA) is 112 Å². The van der Waals surface area contributed by atoms with Gasteiger partial charge in [0.25, 0.3) is 0 Å². The fourth-order valence-electron chi connectivity index (χ4n) is 0.577. The van der Waals surface area contributed by atoms with Crippen LogP contribution in [0.2, 0.25) is 0 Å². The quantitative estimate of drug-likeness (QED) is 0.497. The molecule has 0 amide bonds. The minimum atomic E-state index is 0. The average Bonchev–Trinajstić information content (AvgIpc) is 3.09. The Kier molecular flexibility index (Phi) is 21.9. The zero-order chi connectivity index (χ0) is 10.6. The summed E-state index contributed by atoms with van der Waals surface area (Å²) in [4.78, 5) is 0. The molecule has 0 saturated carbocycles. The van der Waals surface area contributed by atoms with Crippen molar-refractivity contribution in [3.63, 3.8) is 0 Å². The smallest absolute Gasteiger partial charge is 0.582 e. The summed E-state index contributed by atoms with van der Waals surface area (Å²) in [5.41, 5.74) is 0. The predicted molar refractivity (Wildman–Crippen MR) is 56.3 cm³/mol. The first kappa shape index (κ1) is 21.9. The maximum atomic E-state index is 3.47. The van der Waals surface area contributed by atoms with E-state index in [2.05, 4.69) is 30.6 Å². The summed E-state index contributed by atoms with van der Waals surface area (Å²) < 4.78 is 0. The van der Waals surface area contributed by atoms with Gasteiger partial charge in [-0.15, -0.1) is 0 Å². The molecule has 0 unspecified atom stereocenters. The summed E-state index contributed by atoms with van der Waals surface area (Å²) in [6, 6.07) is 5.33. The van der Waals surface area contributed by atoms with Crippen molar-refractivity contribution in [2.24, 2.45) is 0 Å². The third-order valence-electron chi connectivity index (χ3n) is 1.12. The monoisotopic (exact) mass is 345 g/mol. The van der Waals surface area contributed by atoms with E-state index in [-0.39, 0.29) is 39.6 Å². The predicted octanol–water partition coefficient (Wildman–Crippen LogP) is -0.713. The van der Waals surface area contributed by atoms with Gasteiger partial charge in [-0.2, -0.15) is 18.6 Å². The molecule has 3 aromatic rings. The van der Waals surface area contributed by atoms with Crippen LogP contribution in [0.4, 0.5) is 0 Å². The van der Waals surface area contributed by atoms with E-state index >= 15 is 0 Å². The minimum Gasteiger partial charge on any atom is -0.582 e. The van der Waals surface area contributed by atoms with E-state index in [0.29, 0.717) is 0 Å². The summed E-state index contributed by atoms with van der Waals surface area (Å²) >= 11 is 0. The number of rotatable bonds is 0. The molecule has 1 radical (unpaired) electrons. The molecule has 18 heavy (non-hydrogen) atoms. The van der Waals surface area contributed by atoms with Gasteiger partial charge in [-0.25, -0.2) is 0 Å². The molecule has 0 aliphatic carbocycles. The normalized spacial score (nSPS) is 6.67. The molecule has 0 bridgehead atoms. The fourth-order valence-corrected chi connectivity index (χ4v) is 0.577. The second-order valence-electron chi connectivity index (χ2n) is 2.16. The molecule has 0 fully saturated rings. The molecule has 0 aromatic carbocycles. The van der Waals surface area contributed by atoms with Crippen molar-refractivity contribution in [2.45, 2.75) is 0 Å². The molecule has 105 valence electrons. The number of aromatic nitrogens is 6. The maximum absolute atomic E-state index is 3.47. The molecule has 0 aliphatic heterocycles. The zero-order valence-corrected chi connectivity index (χ0v) is 10.9. The van der Waals surface area contributed by atoms with Crippen LogP contribution in [0, 0.1) is 0 Å². The Morgan fingerprint density at radius 1 is 0.611 bits per heavy atom. The molecule has 3 rings (SSSR count). The molecule has 3 heterocycles. The standard InChI is InChI=1S/3C3H3N2.2Cu.H2O/c3*1-2-4-5-3-1;;;/h3*1-3H;;;1H2/q3*-1;+1;+2;. The van der Waals surface area contributed by atoms with Crippen LogP contribution in [0.15, 0.2) is 55.4 Å². The Hall–Kier alpha value is -1.37. The second kappa shape index (κ2) is 18.0. The van der Waals surface area contributed by atoms with Gasteiger partial charge in [0.05, 0.1) is 0 Å². The van der Waals surface area contributed by atoms with Crippen molar-refractivity contribution in [2.75, 3.05) is 0 Å². The molecule has 2 N–H and O–H groups in total. The van der Waals surface area contributed by atoms with Gasteiger partial charge in [0.2, 0.25) is 0 Å². The Labute approximate surface area is 125 Å². The van der Waals surface area contributed by atoms with Crippen molar-refractivity contribution in [3.8, 4) is 0 Å². The Bertz CT molecular complexity index is 261. The number of hydrogen-bond donors (Lipinski definition) is 0. The number of nitrogens with zero attached hydrogens (tertiary/aromatic N) is 6. The van der Waals surface area contributed by atoms with Crippen molar-refractivity contribution >= 4 is 0 Å². The van der Waals surface area contributed by atoms with Gasteiger partial charge in [0.15, 0.2) is 0 Å². The van der Waals surface area contributed by atoms with E-state index < -0.39 is 0 Å². The van der Waals surface area contributed by atoms with Gasteiger partial charge in [0.1, 0.15) is 0 Å². The van der Waals surface area contributed by atoms with E-state index in [9.17, 15) is 0 Å². The van der Waals surface area contributed by atoms with Gasteiger partial charge in [0, 0.05) is 18.6 Å². The summed E-state index contributed by atoms with van der Waals surface area (Å²) in [7, 11) is 0. The third-order valence-corrected chi connectivity index (χ3v) is 1.12. The molecule has 7 nitrogen and oxygen atoms in total. The first-order valence-electron chi connectivity index (χ1n) is 4.15. The van der Waals surface area contributed by atoms with Gasteiger partial charge in [-0.1, -0.05) is 18.2 Å². The third kappa shape index (κ3) is 14.6. The first-order chi connectivity index (χ1) is 7.50. The van der Waals surface area contributed by atoms with Crippen LogP contribution in [0.1, 0.15) is 0 Å². The molecule has 9 heteroatoms. The van der Waals surface area contributed by atoms with Crippen LogP contribution < -0.4 is 15.3 Å². The van der Waals surface area contributed by atoms with Crippen LogP contribution in [-0.2, 0) is 34.1 Å². The van der Waals surface area contributed by atoms with Crippen LogP contribution in [0.5, 0.6) is 0 Å². The van der Waals surface area contributed by atoms with Gasteiger partial charge in [-0.05, 0) is 0 Å². The van der Waals surface area contributed by atoms with Gasteiger partial charge >= 0.3 is 34.1 Å². The van der Waals surface area contributed by atoms with Gasteiger partial charge in [-0.3, -0.25) is 0 Å². The molecule has 0 aliphatic rings. The van der Waals surface area contributed by atoms with Crippen molar-refractivity contribution in [1.29, 1.82) is 0 Å². The van der Waals surface area contributed by atoms with Crippen LogP contribution in [0.25, 0.3) is 0 Å². The van der Waals surface area contributed by atoms with Gasteiger partial charge < -0.3 is 36.1 Å². The van der Waals surface area contributed by atoms with E-state index in [0.717, 1.165) is 0 Å². The Morgan fingerprint density at radius 2 is 0.889 bits per heavy atom. The zero-order valence-electron chi connectivity index (χ0n) is 8.98. The Morgan fingerprint density at radius 3 is 0.944 bits per heavy atom. The summed E-state index contributed by atoms with van der Waals surface area (Å²) in [5.74, 6) is 0. The van der Waals surface area contributed by atoms with Crippen molar-refractivity contribution in [1.82, 2.24) is 30.6 Å². The fraction of sp³-hybridized carbons (Fsp3) is 0. The summed E-state index contributed by atoms with van der Waals surface area (Å²) in [6.07, 6.45) is 9.83. The molecule has 0 atom stereocenters. The van der Waals surface area contributed by atoms with Crippen LogP contribution in [0.3, 0.4) is 0 Å². The van der Waals surface area contributed by atoms with E-state index in [4.69, 9.17) is 0 Å². The largest absolute Gasteiger partial charge is 2.00 e. The molecular weight excluding hydrogens is 335 g/mol. The van der Waals surface area contributed by atoms with E-state index in [1.165, 1.54) is 0 Å². The molecular formula is C9H11Cu2N6O. The minimum absolute atomic E-state index is 0. The molecule has 0 spiro atoms. The van der Waals surface area contributed by atoms with E-state index in [1.807, 2.05) is 0 Å². The van der Waals surface area contributed by atoms with Crippen LogP contribution in [-0.4, -0.2) is 20.8 Å². The van der Waals surface area contributed by atoms with Crippen LogP contribution >= 0.6 is 0 Å². The summed E-state index contributed by atoms with van der Waals surface area (Å²) in [6.45, 7) is 0. The van der Waals surface area contributed by atoms with Crippen molar-refractivity contribution in [3.05, 3.63) is 55.4 Å². The van der Waals surface area contributed by atoms with E-state index in [1.54, 1.807) is 55.4 Å². The maximum Gasteiger partial charge on any atom is 2.00 e. The number of hydrogen-bond acceptors (Lipinski definition) is 3. The molecule has 0 saturated heterocycles. The summed E-state index contributed by atoms with van der Waals surface area (Å²) in [5, 5.41) is 20.8. The second-order valence-corrected chi connectivity index (χ2v) is 2.16. The first-order valence-corrected chi connectivity index (χ1v) is 4.15. The SMILES string of the molecule is O.[Cu+2].[Cu+].c1cn[n-]c1.c1cn[n-]c1.c1cn[n-]c1. The molecule has 3 aromatic heterocycles.